The predicted molar refractivity (Wildman–Crippen MR) is 81.7 cm³/mol. The van der Waals surface area contributed by atoms with Crippen LogP contribution in [-0.2, 0) is 16.6 Å². The summed E-state index contributed by atoms with van der Waals surface area (Å²) < 4.78 is 0. The minimum absolute atomic E-state index is 0.305. The molecule has 2 aromatic rings. The van der Waals surface area contributed by atoms with Crippen molar-refractivity contribution in [2.24, 2.45) is 0 Å². The summed E-state index contributed by atoms with van der Waals surface area (Å²) in [6, 6.07) is 20.8. The van der Waals surface area contributed by atoms with E-state index in [4.69, 9.17) is 0 Å². The minimum Gasteiger partial charge on any atom is -0.299 e. The molecule has 0 saturated heterocycles. The van der Waals surface area contributed by atoms with E-state index >= 15 is 0 Å². The van der Waals surface area contributed by atoms with Crippen molar-refractivity contribution >= 4 is 5.78 Å². The van der Waals surface area contributed by atoms with Crippen molar-refractivity contribution < 1.29 is 4.79 Å². The Morgan fingerprint density at radius 2 is 1.50 bits per heavy atom. The molecule has 1 heteroatoms. The van der Waals surface area contributed by atoms with Crippen molar-refractivity contribution in [3.63, 3.8) is 0 Å². The zero-order valence-electron chi connectivity index (χ0n) is 11.7. The Morgan fingerprint density at radius 3 is 2.15 bits per heavy atom. The number of Topliss-reactive ketones (excluding diaryl/α,β-unsaturated/α-hetero) is 1. The van der Waals surface area contributed by atoms with Crippen LogP contribution in [0.25, 0.3) is 0 Å². The molecule has 1 aliphatic carbocycles. The van der Waals surface area contributed by atoms with Crippen molar-refractivity contribution in [2.75, 3.05) is 0 Å². The number of benzene rings is 2. The number of rotatable bonds is 3. The fourth-order valence-corrected chi connectivity index (χ4v) is 3.39. The molecule has 1 saturated carbocycles. The van der Waals surface area contributed by atoms with Gasteiger partial charge in [-0.25, -0.2) is 0 Å². The smallest absolute Gasteiger partial charge is 0.143 e. The molecule has 0 spiro atoms. The molecule has 0 heterocycles. The predicted octanol–water partition coefficient (Wildman–Crippen LogP) is 4.31. The van der Waals surface area contributed by atoms with E-state index in [1.54, 1.807) is 0 Å². The van der Waals surface area contributed by atoms with Gasteiger partial charge in [0.05, 0.1) is 5.41 Å². The van der Waals surface area contributed by atoms with Crippen molar-refractivity contribution in [3.05, 3.63) is 71.8 Å². The van der Waals surface area contributed by atoms with E-state index < -0.39 is 0 Å². The highest BCUT2D eigenvalue weighted by atomic mass is 16.1. The Balaban J connectivity index is 2.02. The second-order valence-corrected chi connectivity index (χ2v) is 5.74. The molecule has 1 atom stereocenters. The molecule has 0 aromatic heterocycles. The summed E-state index contributed by atoms with van der Waals surface area (Å²) in [5.74, 6) is 0.416. The monoisotopic (exact) mass is 264 g/mol. The number of hydrogen-bond acceptors (Lipinski definition) is 1. The van der Waals surface area contributed by atoms with E-state index in [1.165, 1.54) is 11.1 Å². The maximum Gasteiger partial charge on any atom is 0.143 e. The molecular formula is C19H20O. The van der Waals surface area contributed by atoms with Gasteiger partial charge in [-0.15, -0.1) is 0 Å². The number of hydrogen-bond donors (Lipinski definition) is 0. The van der Waals surface area contributed by atoms with E-state index in [0.717, 1.165) is 32.1 Å². The summed E-state index contributed by atoms with van der Waals surface area (Å²) in [7, 11) is 0. The van der Waals surface area contributed by atoms with Crippen molar-refractivity contribution in [3.8, 4) is 0 Å². The zero-order chi connectivity index (χ0) is 13.8. The van der Waals surface area contributed by atoms with Crippen LogP contribution in [0.15, 0.2) is 60.7 Å². The third-order valence-corrected chi connectivity index (χ3v) is 4.47. The molecule has 2 aromatic carbocycles. The second kappa shape index (κ2) is 5.62. The minimum atomic E-state index is -0.305. The van der Waals surface area contributed by atoms with E-state index in [-0.39, 0.29) is 5.41 Å². The Bertz CT molecular complexity index is 573. The summed E-state index contributed by atoms with van der Waals surface area (Å²) in [5, 5.41) is 0. The first-order valence-electron chi connectivity index (χ1n) is 7.44. The van der Waals surface area contributed by atoms with Gasteiger partial charge in [-0.05, 0) is 30.4 Å². The lowest BCUT2D eigenvalue weighted by Crippen LogP contribution is -2.40. The van der Waals surface area contributed by atoms with Crippen LogP contribution in [0.3, 0.4) is 0 Å². The SMILES string of the molecule is O=C1CCCC[C@]1(Cc1ccccc1)c1ccccc1. The topological polar surface area (TPSA) is 17.1 Å². The van der Waals surface area contributed by atoms with Gasteiger partial charge in [-0.3, -0.25) is 4.79 Å². The third kappa shape index (κ3) is 2.40. The fraction of sp³-hybridized carbons (Fsp3) is 0.316. The molecule has 0 bridgehead atoms. The zero-order valence-corrected chi connectivity index (χ0v) is 11.7. The number of carbonyl (C=O) groups excluding carboxylic acids is 1. The highest BCUT2D eigenvalue weighted by Crippen LogP contribution is 2.39. The Labute approximate surface area is 120 Å². The fourth-order valence-electron chi connectivity index (χ4n) is 3.39. The standard InChI is InChI=1S/C19H20O/c20-18-13-7-8-14-19(18,17-11-5-2-6-12-17)15-16-9-3-1-4-10-16/h1-6,9-12H,7-8,13-15H2/t19-/m0/s1. The van der Waals surface area contributed by atoms with Crippen LogP contribution in [0.1, 0.15) is 36.8 Å². The molecule has 20 heavy (non-hydrogen) atoms. The van der Waals surface area contributed by atoms with E-state index in [0.29, 0.717) is 5.78 Å². The Hall–Kier alpha value is -1.89. The summed E-state index contributed by atoms with van der Waals surface area (Å²) in [6.07, 6.45) is 4.72. The summed E-state index contributed by atoms with van der Waals surface area (Å²) in [6.45, 7) is 0. The average molecular weight is 264 g/mol. The molecule has 0 amide bonds. The summed E-state index contributed by atoms with van der Waals surface area (Å²) in [4.78, 5) is 12.7. The molecule has 0 unspecified atom stereocenters. The molecular weight excluding hydrogens is 244 g/mol. The van der Waals surface area contributed by atoms with Crippen LogP contribution in [0.2, 0.25) is 0 Å². The van der Waals surface area contributed by atoms with E-state index in [9.17, 15) is 4.79 Å². The molecule has 0 radical (unpaired) electrons. The lowest BCUT2D eigenvalue weighted by molar-refractivity contribution is -0.126. The molecule has 1 aliphatic rings. The van der Waals surface area contributed by atoms with Gasteiger partial charge in [0.2, 0.25) is 0 Å². The molecule has 1 fully saturated rings. The molecule has 1 nitrogen and oxygen atoms in total. The lowest BCUT2D eigenvalue weighted by atomic mass is 9.65. The van der Waals surface area contributed by atoms with Crippen molar-refractivity contribution in [1.29, 1.82) is 0 Å². The van der Waals surface area contributed by atoms with Gasteiger partial charge in [-0.1, -0.05) is 67.1 Å². The van der Waals surface area contributed by atoms with Gasteiger partial charge in [-0.2, -0.15) is 0 Å². The van der Waals surface area contributed by atoms with Crippen LogP contribution in [-0.4, -0.2) is 5.78 Å². The van der Waals surface area contributed by atoms with Gasteiger partial charge in [0.15, 0.2) is 0 Å². The largest absolute Gasteiger partial charge is 0.299 e. The first kappa shape index (κ1) is 13.1. The van der Waals surface area contributed by atoms with Gasteiger partial charge < -0.3 is 0 Å². The van der Waals surface area contributed by atoms with Gasteiger partial charge >= 0.3 is 0 Å². The highest BCUT2D eigenvalue weighted by molar-refractivity contribution is 5.91. The van der Waals surface area contributed by atoms with Gasteiger partial charge in [0.25, 0.3) is 0 Å². The van der Waals surface area contributed by atoms with Crippen LogP contribution < -0.4 is 0 Å². The highest BCUT2D eigenvalue weighted by Gasteiger charge is 2.41. The number of ketones is 1. The van der Waals surface area contributed by atoms with E-state index in [1.807, 2.05) is 24.3 Å². The molecule has 0 aliphatic heterocycles. The van der Waals surface area contributed by atoms with Crippen LogP contribution in [0.5, 0.6) is 0 Å². The van der Waals surface area contributed by atoms with E-state index in [2.05, 4.69) is 36.4 Å². The van der Waals surface area contributed by atoms with Gasteiger partial charge in [0.1, 0.15) is 5.78 Å². The lowest BCUT2D eigenvalue weighted by Gasteiger charge is -2.36. The van der Waals surface area contributed by atoms with Crippen LogP contribution >= 0.6 is 0 Å². The third-order valence-electron chi connectivity index (χ3n) is 4.47. The Morgan fingerprint density at radius 1 is 0.850 bits per heavy atom. The quantitative estimate of drug-likeness (QED) is 0.807. The summed E-state index contributed by atoms with van der Waals surface area (Å²) >= 11 is 0. The first-order chi connectivity index (χ1) is 9.81. The van der Waals surface area contributed by atoms with Crippen molar-refractivity contribution in [1.82, 2.24) is 0 Å². The molecule has 0 N–H and O–H groups in total. The molecule has 3 rings (SSSR count). The molecule has 102 valence electrons. The average Bonchev–Trinajstić information content (AvgIpc) is 2.52. The second-order valence-electron chi connectivity index (χ2n) is 5.74. The van der Waals surface area contributed by atoms with Crippen LogP contribution in [0, 0.1) is 0 Å². The number of carbonyl (C=O) groups is 1. The Kier molecular flexibility index (Phi) is 3.68. The van der Waals surface area contributed by atoms with Crippen molar-refractivity contribution in [2.45, 2.75) is 37.5 Å². The van der Waals surface area contributed by atoms with Crippen LogP contribution in [0.4, 0.5) is 0 Å². The first-order valence-corrected chi connectivity index (χ1v) is 7.44. The van der Waals surface area contributed by atoms with Gasteiger partial charge in [0, 0.05) is 6.42 Å². The summed E-state index contributed by atoms with van der Waals surface area (Å²) in [5.41, 5.74) is 2.14. The normalized spacial score (nSPS) is 22.7. The maximum atomic E-state index is 12.7. The maximum absolute atomic E-state index is 12.7.